The molecular formula is C10H18ClKO4S. The van der Waals surface area contributed by atoms with Gasteiger partial charge in [-0.1, -0.05) is 50.6 Å². The van der Waals surface area contributed by atoms with Crippen LogP contribution in [0.5, 0.6) is 0 Å². The predicted octanol–water partition coefficient (Wildman–Crippen LogP) is 0.298. The van der Waals surface area contributed by atoms with E-state index in [-0.39, 0.29) is 56.4 Å². The van der Waals surface area contributed by atoms with Crippen molar-refractivity contribution in [1.29, 1.82) is 0 Å². The molecule has 0 bridgehead atoms. The Morgan fingerprint density at radius 3 is 2.29 bits per heavy atom. The Morgan fingerprint density at radius 2 is 1.76 bits per heavy atom. The van der Waals surface area contributed by atoms with Gasteiger partial charge in [0.2, 0.25) is 0 Å². The normalized spacial score (nSPS) is 12.1. The minimum Gasteiger partial charge on any atom is -0.716 e. The SMILES string of the molecule is CCCCCCCC/C(Cl)=C/OS(=O)(=O)[O-].[K+]. The Morgan fingerprint density at radius 1 is 1.24 bits per heavy atom. The second-order valence-corrected chi connectivity index (χ2v) is 5.08. The Labute approximate surface area is 152 Å². The number of rotatable bonds is 9. The fraction of sp³-hybridized carbons (Fsp3) is 0.800. The van der Waals surface area contributed by atoms with Crippen LogP contribution in [-0.2, 0) is 14.6 Å². The molecule has 4 nitrogen and oxygen atoms in total. The summed E-state index contributed by atoms with van der Waals surface area (Å²) in [6, 6.07) is 0. The second-order valence-electron chi connectivity index (χ2n) is 3.59. The van der Waals surface area contributed by atoms with E-state index in [1.165, 1.54) is 19.3 Å². The molecule has 0 aromatic carbocycles. The van der Waals surface area contributed by atoms with Crippen molar-refractivity contribution in [1.82, 2.24) is 0 Å². The van der Waals surface area contributed by atoms with Crippen LogP contribution in [0.15, 0.2) is 11.3 Å². The Hall–Kier alpha value is 1.38. The number of halogens is 1. The van der Waals surface area contributed by atoms with Gasteiger partial charge in [-0.15, -0.1) is 0 Å². The van der Waals surface area contributed by atoms with Crippen molar-refractivity contribution in [2.75, 3.05) is 0 Å². The fourth-order valence-electron chi connectivity index (χ4n) is 1.24. The summed E-state index contributed by atoms with van der Waals surface area (Å²) in [5.41, 5.74) is 0. The van der Waals surface area contributed by atoms with Crippen LogP contribution in [0.4, 0.5) is 0 Å². The van der Waals surface area contributed by atoms with Crippen molar-refractivity contribution in [3.63, 3.8) is 0 Å². The summed E-state index contributed by atoms with van der Waals surface area (Å²) in [7, 11) is -4.67. The van der Waals surface area contributed by atoms with E-state index in [4.69, 9.17) is 11.6 Å². The van der Waals surface area contributed by atoms with Gasteiger partial charge in [0.1, 0.15) is 6.26 Å². The van der Waals surface area contributed by atoms with Gasteiger partial charge in [0.05, 0.1) is 5.03 Å². The van der Waals surface area contributed by atoms with Crippen molar-refractivity contribution < 1.29 is 68.5 Å². The van der Waals surface area contributed by atoms with Gasteiger partial charge < -0.3 is 8.74 Å². The molecule has 0 N–H and O–H groups in total. The molecule has 0 saturated heterocycles. The van der Waals surface area contributed by atoms with Crippen molar-refractivity contribution >= 4 is 22.0 Å². The third-order valence-corrected chi connectivity index (χ3v) is 2.67. The molecule has 17 heavy (non-hydrogen) atoms. The molecular weight excluding hydrogens is 291 g/mol. The van der Waals surface area contributed by atoms with E-state index in [0.29, 0.717) is 6.42 Å². The third kappa shape index (κ3) is 17.4. The van der Waals surface area contributed by atoms with Gasteiger partial charge in [0.25, 0.3) is 10.4 Å². The zero-order chi connectivity index (χ0) is 12.4. The van der Waals surface area contributed by atoms with Crippen LogP contribution in [-0.4, -0.2) is 13.0 Å². The molecule has 0 saturated carbocycles. The zero-order valence-corrected chi connectivity index (χ0v) is 15.1. The average molecular weight is 309 g/mol. The molecule has 0 aliphatic heterocycles. The van der Waals surface area contributed by atoms with E-state index >= 15 is 0 Å². The van der Waals surface area contributed by atoms with Gasteiger partial charge in [-0.05, 0) is 12.8 Å². The topological polar surface area (TPSA) is 66.4 Å². The van der Waals surface area contributed by atoms with Gasteiger partial charge in [-0.3, -0.25) is 0 Å². The maximum atomic E-state index is 10.1. The molecule has 0 aliphatic rings. The minimum absolute atomic E-state index is 0. The first-order chi connectivity index (χ1) is 7.45. The molecule has 0 rings (SSSR count). The largest absolute Gasteiger partial charge is 1.00 e. The maximum absolute atomic E-state index is 10.1. The van der Waals surface area contributed by atoms with Crippen LogP contribution < -0.4 is 51.4 Å². The molecule has 0 atom stereocenters. The summed E-state index contributed by atoms with van der Waals surface area (Å²) in [6.45, 7) is 2.15. The first kappa shape index (κ1) is 20.7. The van der Waals surface area contributed by atoms with Crippen LogP contribution in [0.1, 0.15) is 51.9 Å². The number of allylic oxidation sites excluding steroid dienone is 1. The number of hydrogen-bond donors (Lipinski definition) is 0. The van der Waals surface area contributed by atoms with Crippen LogP contribution in [0.25, 0.3) is 0 Å². The number of hydrogen-bond acceptors (Lipinski definition) is 4. The van der Waals surface area contributed by atoms with Crippen LogP contribution in [0.3, 0.4) is 0 Å². The van der Waals surface area contributed by atoms with Gasteiger partial charge in [-0.2, -0.15) is 0 Å². The molecule has 0 heterocycles. The Bertz CT molecular complexity index is 303. The monoisotopic (exact) mass is 308 g/mol. The predicted molar refractivity (Wildman–Crippen MR) is 62.7 cm³/mol. The van der Waals surface area contributed by atoms with Crippen molar-refractivity contribution in [3.8, 4) is 0 Å². The molecule has 0 aliphatic carbocycles. The molecule has 0 fully saturated rings. The summed E-state index contributed by atoms with van der Waals surface area (Å²) in [6.07, 6.45) is 8.08. The van der Waals surface area contributed by atoms with Crippen molar-refractivity contribution in [2.45, 2.75) is 51.9 Å². The van der Waals surface area contributed by atoms with Crippen molar-refractivity contribution in [2.24, 2.45) is 0 Å². The van der Waals surface area contributed by atoms with Crippen LogP contribution in [0.2, 0.25) is 0 Å². The smallest absolute Gasteiger partial charge is 0.716 e. The van der Waals surface area contributed by atoms with E-state index in [1.807, 2.05) is 0 Å². The standard InChI is InChI=1S/C10H19ClO4S.K/c1-2-3-4-5-6-7-8-10(11)9-15-16(12,13)14;/h9H,2-8H2,1H3,(H,12,13,14);/q;+1/p-1/b10-9-;. The molecule has 0 unspecified atom stereocenters. The summed E-state index contributed by atoms with van der Waals surface area (Å²) in [5, 5.41) is 0.259. The summed E-state index contributed by atoms with van der Waals surface area (Å²) in [5.74, 6) is 0. The summed E-state index contributed by atoms with van der Waals surface area (Å²) < 4.78 is 34.2. The molecule has 7 heteroatoms. The Balaban J connectivity index is 0. The van der Waals surface area contributed by atoms with Crippen molar-refractivity contribution in [3.05, 3.63) is 11.3 Å². The molecule has 96 valence electrons. The van der Waals surface area contributed by atoms with Gasteiger partial charge in [0, 0.05) is 0 Å². The minimum atomic E-state index is -4.67. The van der Waals surface area contributed by atoms with E-state index in [2.05, 4.69) is 11.1 Å². The quantitative estimate of drug-likeness (QED) is 0.202. The number of unbranched alkanes of at least 4 members (excludes halogenated alkanes) is 5. The van der Waals surface area contributed by atoms with E-state index < -0.39 is 10.4 Å². The third-order valence-electron chi connectivity index (χ3n) is 2.06. The van der Waals surface area contributed by atoms with Gasteiger partial charge in [-0.25, -0.2) is 8.42 Å². The van der Waals surface area contributed by atoms with E-state index in [0.717, 1.165) is 25.5 Å². The van der Waals surface area contributed by atoms with Gasteiger partial charge in [0.15, 0.2) is 0 Å². The molecule has 0 spiro atoms. The summed E-state index contributed by atoms with van der Waals surface area (Å²) in [4.78, 5) is 0. The first-order valence-electron chi connectivity index (χ1n) is 5.44. The van der Waals surface area contributed by atoms with Crippen LogP contribution >= 0.6 is 11.6 Å². The fourth-order valence-corrected chi connectivity index (χ4v) is 1.71. The molecule has 0 aromatic rings. The van der Waals surface area contributed by atoms with Crippen LogP contribution in [0, 0.1) is 0 Å². The molecule has 0 radical (unpaired) electrons. The first-order valence-corrected chi connectivity index (χ1v) is 7.15. The Kier molecular flexibility index (Phi) is 15.1. The maximum Gasteiger partial charge on any atom is 1.00 e. The second kappa shape index (κ2) is 12.4. The van der Waals surface area contributed by atoms with Gasteiger partial charge >= 0.3 is 51.4 Å². The average Bonchev–Trinajstić information content (AvgIpc) is 2.19. The summed E-state index contributed by atoms with van der Waals surface area (Å²) >= 11 is 5.66. The molecule has 0 amide bonds. The zero-order valence-electron chi connectivity index (χ0n) is 10.4. The van der Waals surface area contributed by atoms with E-state index in [9.17, 15) is 13.0 Å². The van der Waals surface area contributed by atoms with E-state index in [1.54, 1.807) is 0 Å². The molecule has 0 aromatic heterocycles.